The molecule has 3 N–H and O–H groups in total. The van der Waals surface area contributed by atoms with Crippen LogP contribution in [0.25, 0.3) is 0 Å². The first-order valence-electron chi connectivity index (χ1n) is 9.30. The zero-order valence-electron chi connectivity index (χ0n) is 17.1. The Morgan fingerprint density at radius 3 is 2.43 bits per heavy atom. The third-order valence-corrected chi connectivity index (χ3v) is 5.30. The van der Waals surface area contributed by atoms with Crippen LogP contribution >= 0.6 is 11.6 Å². The molecule has 1 fully saturated rings. The summed E-state index contributed by atoms with van der Waals surface area (Å²) in [5, 5.41) is 2.35. The highest BCUT2D eigenvalue weighted by Crippen LogP contribution is 2.23. The second-order valence-electron chi connectivity index (χ2n) is 8.22. The van der Waals surface area contributed by atoms with Crippen molar-refractivity contribution in [3.05, 3.63) is 0 Å². The summed E-state index contributed by atoms with van der Waals surface area (Å²) in [5.41, 5.74) is 4.16. The minimum Gasteiger partial charge on any atom is -0.375 e. The quantitative estimate of drug-likeness (QED) is 0.360. The van der Waals surface area contributed by atoms with Gasteiger partial charge >= 0.3 is 0 Å². The molecule has 0 aromatic rings. The van der Waals surface area contributed by atoms with E-state index >= 15 is 0 Å². The Morgan fingerprint density at radius 1 is 1.25 bits per heavy atom. The average Bonchev–Trinajstić information content (AvgIpc) is 2.84. The fourth-order valence-corrected chi connectivity index (χ4v) is 3.27. The van der Waals surface area contributed by atoms with E-state index in [1.54, 1.807) is 0 Å². The standard InChI is InChI=1S/C18H30BN3O5S/c1-17(2,8-10-27-18(3,4)7-5-13(20)23)21-14(24)6-9-22-15(25)11-12(28-19)16(22)26/h12H,5-11H2,1-4H3,(H2,20,23)(H,21,24). The molecular weight excluding hydrogens is 381 g/mol. The number of amides is 4. The molecule has 4 amide bonds. The number of hydrogen-bond acceptors (Lipinski definition) is 6. The molecule has 1 rings (SSSR count). The molecule has 28 heavy (non-hydrogen) atoms. The van der Waals surface area contributed by atoms with Gasteiger partial charge in [0.15, 0.2) is 7.12 Å². The number of carbonyl (C=O) groups is 4. The molecule has 0 bridgehead atoms. The molecule has 1 aliphatic heterocycles. The van der Waals surface area contributed by atoms with Crippen LogP contribution in [0.15, 0.2) is 0 Å². The van der Waals surface area contributed by atoms with E-state index in [0.717, 1.165) is 16.5 Å². The van der Waals surface area contributed by atoms with Gasteiger partial charge in [0.05, 0.1) is 10.9 Å². The maximum absolute atomic E-state index is 12.2. The lowest BCUT2D eigenvalue weighted by Gasteiger charge is -2.30. The summed E-state index contributed by atoms with van der Waals surface area (Å²) in [7, 11) is 5.40. The SMILES string of the molecule is [B]SC1CC(=O)N(CCC(=O)NC(C)(C)CCOC(C)(C)CCC(N)=O)C1=O. The van der Waals surface area contributed by atoms with Crippen molar-refractivity contribution in [3.63, 3.8) is 0 Å². The summed E-state index contributed by atoms with van der Waals surface area (Å²) in [6, 6.07) is 0. The molecule has 10 heteroatoms. The first-order chi connectivity index (χ1) is 12.9. The predicted molar refractivity (Wildman–Crippen MR) is 108 cm³/mol. The van der Waals surface area contributed by atoms with Gasteiger partial charge in [-0.1, -0.05) is 0 Å². The number of nitrogens with zero attached hydrogens (tertiary/aromatic N) is 1. The minimum absolute atomic E-state index is 0.0355. The molecule has 156 valence electrons. The molecule has 0 aromatic heterocycles. The molecule has 0 saturated carbocycles. The van der Waals surface area contributed by atoms with Crippen LogP contribution in [0.3, 0.4) is 0 Å². The van der Waals surface area contributed by atoms with Crippen LogP contribution < -0.4 is 11.1 Å². The zero-order chi connectivity index (χ0) is 21.5. The van der Waals surface area contributed by atoms with Crippen LogP contribution in [0.4, 0.5) is 0 Å². The lowest BCUT2D eigenvalue weighted by molar-refractivity contribution is -0.138. The summed E-state index contributed by atoms with van der Waals surface area (Å²) in [6.45, 7) is 7.97. The fraction of sp³-hybridized carbons (Fsp3) is 0.778. The number of nitrogens with two attached hydrogens (primary N) is 1. The largest absolute Gasteiger partial charge is 0.375 e. The third-order valence-electron chi connectivity index (χ3n) is 4.60. The molecule has 2 radical (unpaired) electrons. The van der Waals surface area contributed by atoms with Gasteiger partial charge in [0.1, 0.15) is 0 Å². The number of primary amides is 1. The van der Waals surface area contributed by atoms with Crippen molar-refractivity contribution < 1.29 is 23.9 Å². The second kappa shape index (κ2) is 10.3. The molecular formula is C18H30BN3O5S. The smallest absolute Gasteiger partial charge is 0.241 e. The average molecular weight is 411 g/mol. The van der Waals surface area contributed by atoms with Crippen molar-refractivity contribution in [1.29, 1.82) is 0 Å². The van der Waals surface area contributed by atoms with E-state index < -0.39 is 16.4 Å². The fourth-order valence-electron chi connectivity index (χ4n) is 2.79. The van der Waals surface area contributed by atoms with Gasteiger partial charge in [0.2, 0.25) is 23.6 Å². The van der Waals surface area contributed by atoms with Crippen LogP contribution in [0.5, 0.6) is 0 Å². The Bertz CT molecular complexity index is 612. The highest BCUT2D eigenvalue weighted by atomic mass is 32.2. The highest BCUT2D eigenvalue weighted by Gasteiger charge is 2.37. The van der Waals surface area contributed by atoms with Crippen molar-refractivity contribution in [1.82, 2.24) is 10.2 Å². The van der Waals surface area contributed by atoms with Gasteiger partial charge in [0, 0.05) is 38.0 Å². The maximum Gasteiger partial charge on any atom is 0.241 e. The van der Waals surface area contributed by atoms with Crippen molar-refractivity contribution in [2.75, 3.05) is 13.2 Å². The first-order valence-corrected chi connectivity index (χ1v) is 10.2. The number of hydrogen-bond donors (Lipinski definition) is 2. The lowest BCUT2D eigenvalue weighted by atomic mass is 9.99. The van der Waals surface area contributed by atoms with Gasteiger partial charge in [0.25, 0.3) is 0 Å². The third kappa shape index (κ3) is 8.22. The summed E-state index contributed by atoms with van der Waals surface area (Å²) >= 11 is 0.856. The predicted octanol–water partition coefficient (Wildman–Crippen LogP) is 0.666. The van der Waals surface area contributed by atoms with E-state index in [1.807, 2.05) is 27.7 Å². The Morgan fingerprint density at radius 2 is 1.89 bits per heavy atom. The highest BCUT2D eigenvalue weighted by molar-refractivity contribution is 8.20. The number of carbonyl (C=O) groups excluding carboxylic acids is 4. The van der Waals surface area contributed by atoms with Gasteiger partial charge < -0.3 is 15.8 Å². The Balaban J connectivity index is 2.38. The van der Waals surface area contributed by atoms with Crippen molar-refractivity contribution in [2.24, 2.45) is 5.73 Å². The molecule has 0 aliphatic carbocycles. The van der Waals surface area contributed by atoms with Gasteiger partial charge in [-0.15, -0.1) is 0 Å². The van der Waals surface area contributed by atoms with E-state index in [1.165, 1.54) is 0 Å². The topological polar surface area (TPSA) is 119 Å². The molecule has 0 spiro atoms. The van der Waals surface area contributed by atoms with Crippen molar-refractivity contribution in [3.8, 4) is 0 Å². The van der Waals surface area contributed by atoms with Crippen molar-refractivity contribution in [2.45, 2.75) is 76.2 Å². The van der Waals surface area contributed by atoms with E-state index in [2.05, 4.69) is 5.32 Å². The number of likely N-dealkylation sites (tertiary alicyclic amines) is 1. The first kappa shape index (κ1) is 24.5. The number of nitrogens with one attached hydrogen (secondary N) is 1. The molecule has 1 unspecified atom stereocenters. The molecule has 1 heterocycles. The van der Waals surface area contributed by atoms with Gasteiger partial charge in [-0.3, -0.25) is 24.1 Å². The van der Waals surface area contributed by atoms with Gasteiger partial charge in [-0.25, -0.2) is 11.6 Å². The van der Waals surface area contributed by atoms with Gasteiger partial charge in [-0.05, 0) is 40.5 Å². The summed E-state index contributed by atoms with van der Waals surface area (Å²) in [6.07, 6.45) is 1.45. The number of ether oxygens (including phenoxy) is 1. The molecule has 1 atom stereocenters. The van der Waals surface area contributed by atoms with E-state index in [9.17, 15) is 19.2 Å². The monoisotopic (exact) mass is 411 g/mol. The molecule has 1 aliphatic rings. The Labute approximate surface area is 172 Å². The van der Waals surface area contributed by atoms with E-state index in [0.29, 0.717) is 19.4 Å². The minimum atomic E-state index is -0.554. The van der Waals surface area contributed by atoms with E-state index in [-0.39, 0.29) is 49.4 Å². The summed E-state index contributed by atoms with van der Waals surface area (Å²) in [5.74, 6) is -1.25. The lowest BCUT2D eigenvalue weighted by Crippen LogP contribution is -2.46. The van der Waals surface area contributed by atoms with Crippen LogP contribution in [-0.2, 0) is 23.9 Å². The van der Waals surface area contributed by atoms with Crippen LogP contribution in [-0.4, -0.2) is 65.2 Å². The normalized spacial score (nSPS) is 17.9. The zero-order valence-corrected chi connectivity index (χ0v) is 17.9. The molecule has 1 saturated heterocycles. The number of imide groups is 1. The maximum atomic E-state index is 12.2. The van der Waals surface area contributed by atoms with Crippen LogP contribution in [0.2, 0.25) is 0 Å². The second-order valence-corrected chi connectivity index (χ2v) is 9.06. The molecule has 8 nitrogen and oxygen atoms in total. The van der Waals surface area contributed by atoms with Crippen LogP contribution in [0, 0.1) is 0 Å². The van der Waals surface area contributed by atoms with Crippen LogP contribution in [0.1, 0.15) is 59.8 Å². The Hall–Kier alpha value is -1.55. The summed E-state index contributed by atoms with van der Waals surface area (Å²) in [4.78, 5) is 48.1. The van der Waals surface area contributed by atoms with Crippen molar-refractivity contribution >= 4 is 42.4 Å². The summed E-state index contributed by atoms with van der Waals surface area (Å²) < 4.78 is 5.82. The Kier molecular flexibility index (Phi) is 9.00. The van der Waals surface area contributed by atoms with E-state index in [4.69, 9.17) is 17.6 Å². The number of rotatable bonds is 12. The molecule has 0 aromatic carbocycles. The van der Waals surface area contributed by atoms with Gasteiger partial charge in [-0.2, -0.15) is 0 Å².